The number of carbonyl (C=O) groups excluding carboxylic acids is 1. The van der Waals surface area contributed by atoms with Crippen LogP contribution in [0.3, 0.4) is 0 Å². The molecule has 64 valence electrons. The van der Waals surface area contributed by atoms with Crippen LogP contribution in [0.1, 0.15) is 0 Å². The van der Waals surface area contributed by atoms with Gasteiger partial charge in [0.2, 0.25) is 0 Å². The molecule has 3 heteroatoms. The van der Waals surface area contributed by atoms with Gasteiger partial charge in [-0.1, -0.05) is 19.2 Å². The Hall–Kier alpha value is -1.64. The Labute approximate surface area is 71.6 Å². The maximum absolute atomic E-state index is 10.5. The molecule has 0 saturated carbocycles. The smallest absolute Gasteiger partial charge is 0.330 e. The molecule has 0 radical (unpaired) electrons. The predicted octanol–water partition coefficient (Wildman–Crippen LogP) is 1.48. The van der Waals surface area contributed by atoms with Gasteiger partial charge in [0.15, 0.2) is 0 Å². The van der Waals surface area contributed by atoms with Crippen LogP contribution in [0.25, 0.3) is 0 Å². The van der Waals surface area contributed by atoms with Crippen molar-refractivity contribution >= 4 is 12.2 Å². The van der Waals surface area contributed by atoms with E-state index in [1.54, 1.807) is 6.08 Å². The number of ether oxygens (including phenoxy) is 1. The first-order chi connectivity index (χ1) is 5.70. The molecule has 0 fully saturated rings. The summed E-state index contributed by atoms with van der Waals surface area (Å²) in [7, 11) is 0. The first-order valence-electron chi connectivity index (χ1n) is 3.34. The van der Waals surface area contributed by atoms with Crippen LogP contribution in [-0.4, -0.2) is 18.8 Å². The highest BCUT2D eigenvalue weighted by Gasteiger charge is 1.94. The Balaban J connectivity index is 3.71. The summed E-state index contributed by atoms with van der Waals surface area (Å²) < 4.78 is 4.67. The number of nitrogens with one attached hydrogen (secondary N) is 1. The van der Waals surface area contributed by atoms with Crippen LogP contribution in [0.4, 0.5) is 0 Å². The summed E-state index contributed by atoms with van der Waals surface area (Å²) >= 11 is 0. The van der Waals surface area contributed by atoms with Crippen molar-refractivity contribution in [1.29, 1.82) is 5.41 Å². The lowest BCUT2D eigenvalue weighted by atomic mass is 10.3. The molecule has 0 heterocycles. The minimum Gasteiger partial charge on any atom is -0.458 e. The molecule has 0 unspecified atom stereocenters. The zero-order valence-corrected chi connectivity index (χ0v) is 6.75. The molecular formula is C9H11NO2. The standard InChI is InChI=1S/C9H11NO2/c1-3-9(11)12-7-8(2)5-4-6-10/h3-6,10H,1-2,7H2/b5-4-,10-6?. The number of allylic oxidation sites excluding steroid dienone is 1. The Morgan fingerprint density at radius 1 is 1.58 bits per heavy atom. The van der Waals surface area contributed by atoms with Crippen molar-refractivity contribution in [3.63, 3.8) is 0 Å². The van der Waals surface area contributed by atoms with Crippen molar-refractivity contribution in [1.82, 2.24) is 0 Å². The van der Waals surface area contributed by atoms with E-state index in [2.05, 4.69) is 17.9 Å². The molecule has 0 aromatic rings. The lowest BCUT2D eigenvalue weighted by Crippen LogP contribution is -2.02. The molecule has 0 amide bonds. The fourth-order valence-electron chi connectivity index (χ4n) is 0.455. The molecule has 0 bridgehead atoms. The Kier molecular flexibility index (Phi) is 5.26. The summed E-state index contributed by atoms with van der Waals surface area (Å²) in [6, 6.07) is 0. The second-order valence-electron chi connectivity index (χ2n) is 2.00. The molecule has 0 atom stereocenters. The quantitative estimate of drug-likeness (QED) is 0.290. The number of hydrogen-bond acceptors (Lipinski definition) is 3. The van der Waals surface area contributed by atoms with Crippen molar-refractivity contribution < 1.29 is 9.53 Å². The van der Waals surface area contributed by atoms with Gasteiger partial charge in [0.25, 0.3) is 0 Å². The highest BCUT2D eigenvalue weighted by atomic mass is 16.5. The lowest BCUT2D eigenvalue weighted by Gasteiger charge is -1.99. The third-order valence-electron chi connectivity index (χ3n) is 0.995. The second-order valence-corrected chi connectivity index (χ2v) is 2.00. The van der Waals surface area contributed by atoms with Crippen LogP contribution < -0.4 is 0 Å². The molecule has 12 heavy (non-hydrogen) atoms. The molecule has 0 saturated heterocycles. The fourth-order valence-corrected chi connectivity index (χ4v) is 0.455. The average Bonchev–Trinajstić information content (AvgIpc) is 2.10. The normalized spacial score (nSPS) is 9.33. The van der Waals surface area contributed by atoms with E-state index in [9.17, 15) is 4.79 Å². The third kappa shape index (κ3) is 5.17. The van der Waals surface area contributed by atoms with Crippen LogP contribution in [-0.2, 0) is 9.53 Å². The Morgan fingerprint density at radius 3 is 2.75 bits per heavy atom. The molecule has 0 aromatic heterocycles. The average molecular weight is 165 g/mol. The molecule has 0 aliphatic rings. The van der Waals surface area contributed by atoms with Gasteiger partial charge in [-0.15, -0.1) is 0 Å². The molecule has 0 aliphatic carbocycles. The minimum absolute atomic E-state index is 0.134. The van der Waals surface area contributed by atoms with Gasteiger partial charge in [-0.05, 0) is 11.6 Å². The predicted molar refractivity (Wildman–Crippen MR) is 48.2 cm³/mol. The summed E-state index contributed by atoms with van der Waals surface area (Å²) in [4.78, 5) is 10.5. The zero-order chi connectivity index (χ0) is 9.40. The van der Waals surface area contributed by atoms with E-state index in [1.165, 1.54) is 6.08 Å². The van der Waals surface area contributed by atoms with Crippen molar-refractivity contribution in [3.8, 4) is 0 Å². The number of rotatable bonds is 5. The van der Waals surface area contributed by atoms with E-state index < -0.39 is 5.97 Å². The van der Waals surface area contributed by atoms with E-state index in [4.69, 9.17) is 5.41 Å². The molecule has 0 spiro atoms. The van der Waals surface area contributed by atoms with Gasteiger partial charge >= 0.3 is 5.97 Å². The SMILES string of the molecule is C=CC(=O)OCC(=C)/C=C\C=N. The van der Waals surface area contributed by atoms with Crippen LogP contribution in [0.15, 0.2) is 37.0 Å². The largest absolute Gasteiger partial charge is 0.458 e. The Morgan fingerprint density at radius 2 is 2.25 bits per heavy atom. The summed E-state index contributed by atoms with van der Waals surface area (Å²) in [5.74, 6) is -0.473. The van der Waals surface area contributed by atoms with E-state index in [0.717, 1.165) is 12.3 Å². The third-order valence-corrected chi connectivity index (χ3v) is 0.995. The Bertz CT molecular complexity index is 229. The van der Waals surface area contributed by atoms with Crippen molar-refractivity contribution in [2.24, 2.45) is 0 Å². The maximum Gasteiger partial charge on any atom is 0.330 e. The number of esters is 1. The summed E-state index contributed by atoms with van der Waals surface area (Å²) in [6.07, 6.45) is 5.32. The first kappa shape index (κ1) is 10.4. The highest BCUT2D eigenvalue weighted by Crippen LogP contribution is 1.93. The molecule has 0 aliphatic heterocycles. The van der Waals surface area contributed by atoms with Gasteiger partial charge in [0.1, 0.15) is 6.61 Å². The van der Waals surface area contributed by atoms with Gasteiger partial charge in [0, 0.05) is 12.3 Å². The van der Waals surface area contributed by atoms with Gasteiger partial charge in [-0.25, -0.2) is 4.79 Å². The fraction of sp³-hybridized carbons (Fsp3) is 0.111. The van der Waals surface area contributed by atoms with Gasteiger partial charge < -0.3 is 10.1 Å². The van der Waals surface area contributed by atoms with E-state index in [-0.39, 0.29) is 6.61 Å². The first-order valence-corrected chi connectivity index (χ1v) is 3.34. The second kappa shape index (κ2) is 6.09. The summed E-state index contributed by atoms with van der Waals surface area (Å²) in [5.41, 5.74) is 0.633. The topological polar surface area (TPSA) is 50.2 Å². The van der Waals surface area contributed by atoms with Crippen molar-refractivity contribution in [2.75, 3.05) is 6.61 Å². The molecule has 0 aromatic carbocycles. The summed E-state index contributed by atoms with van der Waals surface area (Å²) in [5, 5.41) is 6.67. The highest BCUT2D eigenvalue weighted by molar-refractivity contribution is 5.81. The van der Waals surface area contributed by atoms with Crippen LogP contribution in [0.2, 0.25) is 0 Å². The molecule has 0 rings (SSSR count). The summed E-state index contributed by atoms with van der Waals surface area (Å²) in [6.45, 7) is 6.97. The minimum atomic E-state index is -0.473. The monoisotopic (exact) mass is 165 g/mol. The van der Waals surface area contributed by atoms with Crippen LogP contribution >= 0.6 is 0 Å². The molecule has 1 N–H and O–H groups in total. The zero-order valence-electron chi connectivity index (χ0n) is 6.75. The van der Waals surface area contributed by atoms with Gasteiger partial charge in [-0.3, -0.25) is 0 Å². The van der Waals surface area contributed by atoms with Gasteiger partial charge in [-0.2, -0.15) is 0 Å². The van der Waals surface area contributed by atoms with E-state index in [0.29, 0.717) is 5.57 Å². The van der Waals surface area contributed by atoms with Crippen LogP contribution in [0.5, 0.6) is 0 Å². The van der Waals surface area contributed by atoms with Crippen molar-refractivity contribution in [2.45, 2.75) is 0 Å². The maximum atomic E-state index is 10.5. The number of hydrogen-bond donors (Lipinski definition) is 1. The van der Waals surface area contributed by atoms with E-state index >= 15 is 0 Å². The van der Waals surface area contributed by atoms with Gasteiger partial charge in [0.05, 0.1) is 0 Å². The van der Waals surface area contributed by atoms with Crippen LogP contribution in [0, 0.1) is 5.41 Å². The molecule has 3 nitrogen and oxygen atoms in total. The molecular weight excluding hydrogens is 154 g/mol. The lowest BCUT2D eigenvalue weighted by molar-refractivity contribution is -0.136. The number of carbonyl (C=O) groups is 1. The van der Waals surface area contributed by atoms with Crippen molar-refractivity contribution in [3.05, 3.63) is 37.0 Å². The van der Waals surface area contributed by atoms with E-state index in [1.807, 2.05) is 0 Å².